The topological polar surface area (TPSA) is 182 Å². The van der Waals surface area contributed by atoms with E-state index in [1.165, 1.54) is 23.3 Å². The van der Waals surface area contributed by atoms with Crippen LogP contribution in [-0.4, -0.2) is 72.6 Å². The fourth-order valence-electron chi connectivity index (χ4n) is 5.12. The number of carbonyl (C=O) groups excluding carboxylic acids is 2. The minimum absolute atomic E-state index is 0.0381. The van der Waals surface area contributed by atoms with Crippen molar-refractivity contribution in [2.24, 2.45) is 0 Å². The van der Waals surface area contributed by atoms with Crippen LogP contribution in [0.2, 0.25) is 0 Å². The van der Waals surface area contributed by atoms with E-state index in [0.717, 1.165) is 24.3 Å². The molecule has 8 N–H and O–H groups in total. The molecule has 0 heterocycles. The van der Waals surface area contributed by atoms with Gasteiger partial charge in [0.25, 0.3) is 0 Å². The Kier molecular flexibility index (Phi) is 16.0. The Morgan fingerprint density at radius 3 is 1.28 bits per heavy atom. The third-order valence-corrected chi connectivity index (χ3v) is 7.96. The SMILES string of the molecule is COc1ccc(C[C@H](C)NC[C@@H](O)c2ccc(O)c(NC=O)c2)cc1.COc1ccc(C[C@H](C)NC[C@@H](O)c2ccc(O)c(NC=O)c2)cc1. The van der Waals surface area contributed by atoms with E-state index in [-0.39, 0.29) is 35.0 Å². The van der Waals surface area contributed by atoms with Crippen LogP contribution in [0.4, 0.5) is 11.4 Å². The van der Waals surface area contributed by atoms with Gasteiger partial charge in [-0.1, -0.05) is 36.4 Å². The molecule has 12 heteroatoms. The number of methoxy groups -OCH3 is 2. The zero-order valence-electron chi connectivity index (χ0n) is 28.8. The molecule has 0 saturated carbocycles. The van der Waals surface area contributed by atoms with Gasteiger partial charge >= 0.3 is 0 Å². The number of carbonyl (C=O) groups is 2. The standard InChI is InChI=1S/2C19H24N2O4/c2*1-13(9-14-3-6-16(25-2)7-4-14)20-11-19(24)15-5-8-18(23)17(10-15)21-12-22/h2*3-8,10,12-13,19-20,23-24H,9,11H2,1-2H3,(H,21,22)/t2*13-,19+/m00/s1. The highest BCUT2D eigenvalue weighted by Crippen LogP contribution is 2.28. The summed E-state index contributed by atoms with van der Waals surface area (Å²) in [4.78, 5) is 21.1. The number of amides is 2. The molecule has 0 aliphatic heterocycles. The second kappa shape index (κ2) is 20.4. The van der Waals surface area contributed by atoms with Crippen LogP contribution in [0.3, 0.4) is 0 Å². The van der Waals surface area contributed by atoms with Crippen molar-refractivity contribution in [3.63, 3.8) is 0 Å². The molecule has 0 unspecified atom stereocenters. The lowest BCUT2D eigenvalue weighted by Crippen LogP contribution is -2.32. The number of aliphatic hydroxyl groups excluding tert-OH is 2. The van der Waals surface area contributed by atoms with Gasteiger partial charge in [0.05, 0.1) is 37.8 Å². The molecule has 4 rings (SSSR count). The Labute approximate surface area is 293 Å². The summed E-state index contributed by atoms with van der Waals surface area (Å²) in [7, 11) is 3.28. The summed E-state index contributed by atoms with van der Waals surface area (Å²) in [5.74, 6) is 1.58. The maximum absolute atomic E-state index is 10.5. The summed E-state index contributed by atoms with van der Waals surface area (Å²) in [5.41, 5.74) is 4.14. The Hall–Kier alpha value is -5.14. The van der Waals surface area contributed by atoms with Crippen molar-refractivity contribution in [2.75, 3.05) is 37.9 Å². The number of nitrogens with one attached hydrogen (secondary N) is 4. The Morgan fingerprint density at radius 1 is 0.600 bits per heavy atom. The highest BCUT2D eigenvalue weighted by atomic mass is 16.5. The first-order chi connectivity index (χ1) is 24.1. The van der Waals surface area contributed by atoms with E-state index in [1.807, 2.05) is 62.4 Å². The number of phenolic OH excluding ortho intramolecular Hbond substituents is 2. The van der Waals surface area contributed by atoms with Crippen LogP contribution in [0.5, 0.6) is 23.0 Å². The molecule has 0 radical (unpaired) electrons. The van der Waals surface area contributed by atoms with E-state index >= 15 is 0 Å². The van der Waals surface area contributed by atoms with Gasteiger partial charge in [-0.05, 0) is 97.5 Å². The van der Waals surface area contributed by atoms with Crippen molar-refractivity contribution in [3.8, 4) is 23.0 Å². The van der Waals surface area contributed by atoms with Gasteiger partial charge < -0.3 is 51.2 Å². The number of anilines is 2. The summed E-state index contributed by atoms with van der Waals surface area (Å²) < 4.78 is 10.3. The summed E-state index contributed by atoms with van der Waals surface area (Å²) in [5, 5.41) is 51.3. The number of ether oxygens (including phenoxy) is 2. The Bertz CT molecular complexity index is 1500. The lowest BCUT2D eigenvalue weighted by atomic mass is 10.1. The molecule has 0 saturated heterocycles. The monoisotopic (exact) mass is 688 g/mol. The van der Waals surface area contributed by atoms with Crippen LogP contribution in [0.1, 0.15) is 48.3 Å². The summed E-state index contributed by atoms with van der Waals surface area (Å²) in [6.07, 6.45) is 1.13. The predicted molar refractivity (Wildman–Crippen MR) is 194 cm³/mol. The number of phenols is 2. The van der Waals surface area contributed by atoms with Crippen LogP contribution in [0.25, 0.3) is 0 Å². The average molecular weight is 689 g/mol. The van der Waals surface area contributed by atoms with E-state index in [0.29, 0.717) is 37.0 Å². The third-order valence-electron chi connectivity index (χ3n) is 7.96. The zero-order chi connectivity index (χ0) is 36.5. The van der Waals surface area contributed by atoms with Gasteiger partial charge in [-0.15, -0.1) is 0 Å². The number of hydrogen-bond acceptors (Lipinski definition) is 10. The van der Waals surface area contributed by atoms with E-state index in [1.54, 1.807) is 38.5 Å². The van der Waals surface area contributed by atoms with Crippen LogP contribution in [0.15, 0.2) is 84.9 Å². The molecule has 0 fully saturated rings. The van der Waals surface area contributed by atoms with Gasteiger partial charge in [-0.3, -0.25) is 9.59 Å². The highest BCUT2D eigenvalue weighted by Gasteiger charge is 2.14. The normalized spacial score (nSPS) is 13.1. The van der Waals surface area contributed by atoms with Gasteiger partial charge in [0.15, 0.2) is 0 Å². The van der Waals surface area contributed by atoms with E-state index < -0.39 is 12.2 Å². The van der Waals surface area contributed by atoms with Gasteiger partial charge in [-0.2, -0.15) is 0 Å². The third kappa shape index (κ3) is 12.7. The first-order valence-electron chi connectivity index (χ1n) is 16.2. The molecule has 0 aromatic heterocycles. The van der Waals surface area contributed by atoms with Gasteiger partial charge in [0, 0.05) is 25.2 Å². The van der Waals surface area contributed by atoms with Gasteiger partial charge in [0.1, 0.15) is 23.0 Å². The largest absolute Gasteiger partial charge is 0.506 e. The molecule has 268 valence electrons. The molecule has 0 aliphatic rings. The maximum atomic E-state index is 10.5. The summed E-state index contributed by atoms with van der Waals surface area (Å²) in [6, 6.07) is 25.4. The minimum Gasteiger partial charge on any atom is -0.506 e. The molecule has 2 amide bonds. The predicted octanol–water partition coefficient (Wildman–Crippen LogP) is 4.45. The molecule has 4 aromatic carbocycles. The van der Waals surface area contributed by atoms with Crippen LogP contribution >= 0.6 is 0 Å². The van der Waals surface area contributed by atoms with Gasteiger partial charge in [-0.25, -0.2) is 0 Å². The molecule has 12 nitrogen and oxygen atoms in total. The van der Waals surface area contributed by atoms with Crippen molar-refractivity contribution < 1.29 is 39.5 Å². The molecular formula is C38H48N4O8. The minimum atomic E-state index is -0.744. The number of benzene rings is 4. The quantitative estimate of drug-likeness (QED) is 0.0550. The Balaban J connectivity index is 0.000000270. The van der Waals surface area contributed by atoms with E-state index in [9.17, 15) is 30.0 Å². The second-order valence-electron chi connectivity index (χ2n) is 11.8. The molecule has 50 heavy (non-hydrogen) atoms. The van der Waals surface area contributed by atoms with Crippen LogP contribution in [-0.2, 0) is 22.4 Å². The van der Waals surface area contributed by atoms with Crippen molar-refractivity contribution in [2.45, 2.75) is 51.0 Å². The lowest BCUT2D eigenvalue weighted by molar-refractivity contribution is -0.106. The molecule has 4 atom stereocenters. The molecule has 0 spiro atoms. The molecule has 0 aliphatic carbocycles. The van der Waals surface area contributed by atoms with Crippen molar-refractivity contribution in [3.05, 3.63) is 107 Å². The smallest absolute Gasteiger partial charge is 0.211 e. The van der Waals surface area contributed by atoms with Crippen molar-refractivity contribution in [1.29, 1.82) is 0 Å². The summed E-state index contributed by atoms with van der Waals surface area (Å²) >= 11 is 0. The van der Waals surface area contributed by atoms with E-state index in [2.05, 4.69) is 21.3 Å². The van der Waals surface area contributed by atoms with Gasteiger partial charge in [0.2, 0.25) is 12.8 Å². The van der Waals surface area contributed by atoms with E-state index in [4.69, 9.17) is 9.47 Å². The number of aliphatic hydroxyl groups is 2. The zero-order valence-corrected chi connectivity index (χ0v) is 28.8. The first-order valence-corrected chi connectivity index (χ1v) is 16.2. The highest BCUT2D eigenvalue weighted by molar-refractivity contribution is 5.76. The number of hydrogen-bond donors (Lipinski definition) is 8. The fraction of sp³-hybridized carbons (Fsp3) is 0.316. The molecular weight excluding hydrogens is 640 g/mol. The average Bonchev–Trinajstić information content (AvgIpc) is 3.12. The van der Waals surface area contributed by atoms with Crippen molar-refractivity contribution >= 4 is 24.2 Å². The first kappa shape index (κ1) is 39.3. The van der Waals surface area contributed by atoms with Crippen LogP contribution in [0, 0.1) is 0 Å². The van der Waals surface area contributed by atoms with Crippen molar-refractivity contribution in [1.82, 2.24) is 10.6 Å². The maximum Gasteiger partial charge on any atom is 0.211 e. The molecule has 4 aromatic rings. The lowest BCUT2D eigenvalue weighted by Gasteiger charge is -2.18. The number of rotatable bonds is 18. The fourth-order valence-corrected chi connectivity index (χ4v) is 5.12. The number of aromatic hydroxyl groups is 2. The molecule has 0 bridgehead atoms. The summed E-state index contributed by atoms with van der Waals surface area (Å²) in [6.45, 7) is 4.82. The van der Waals surface area contributed by atoms with Crippen LogP contribution < -0.4 is 30.7 Å². The Morgan fingerprint density at radius 2 is 0.960 bits per heavy atom. The second-order valence-corrected chi connectivity index (χ2v) is 11.8.